The zero-order chi connectivity index (χ0) is 13.7. The van der Waals surface area contributed by atoms with Crippen molar-refractivity contribution in [2.24, 2.45) is 0 Å². The highest BCUT2D eigenvalue weighted by molar-refractivity contribution is 7.99. The summed E-state index contributed by atoms with van der Waals surface area (Å²) in [6.07, 6.45) is 2.88. The van der Waals surface area contributed by atoms with Crippen LogP contribution in [0.1, 0.15) is 13.3 Å². The maximum Gasteiger partial charge on any atom is 0.327 e. The second-order valence-corrected chi connectivity index (χ2v) is 6.15. The van der Waals surface area contributed by atoms with Gasteiger partial charge in [0.05, 0.1) is 5.88 Å². The Labute approximate surface area is 116 Å². The van der Waals surface area contributed by atoms with E-state index >= 15 is 0 Å². The molecule has 1 rings (SSSR count). The first kappa shape index (κ1) is 15.5. The van der Waals surface area contributed by atoms with E-state index in [0.29, 0.717) is 11.6 Å². The van der Waals surface area contributed by atoms with Crippen LogP contribution >= 0.6 is 23.5 Å². The number of hydrogen-bond acceptors (Lipinski definition) is 4. The molecule has 1 N–H and O–H groups in total. The number of thioether (sulfide) groups is 2. The summed E-state index contributed by atoms with van der Waals surface area (Å²) in [7, 11) is 1.76. The predicted molar refractivity (Wildman–Crippen MR) is 76.2 cm³/mol. The number of carbonyl (C=O) groups is 2. The Balaban J connectivity index is 2.70. The van der Waals surface area contributed by atoms with Crippen LogP contribution in [0.2, 0.25) is 0 Å². The second kappa shape index (κ2) is 7.13. The average Bonchev–Trinajstić information content (AvgIpc) is 2.83. The molecule has 1 fully saturated rings. The number of rotatable bonds is 5. The van der Waals surface area contributed by atoms with Crippen LogP contribution in [0.3, 0.4) is 0 Å². The Morgan fingerprint density at radius 1 is 1.61 bits per heavy atom. The lowest BCUT2D eigenvalue weighted by Crippen LogP contribution is -2.50. The second-order valence-electron chi connectivity index (χ2n) is 4.23. The maximum atomic E-state index is 12.3. The molecule has 1 aliphatic heterocycles. The molecule has 0 aromatic heterocycles. The lowest BCUT2D eigenvalue weighted by atomic mass is 10.2. The largest absolute Gasteiger partial charge is 0.480 e. The fraction of sp³-hybridized carbons (Fsp3) is 0.818. The van der Waals surface area contributed by atoms with Gasteiger partial charge in [0.2, 0.25) is 0 Å². The Bertz CT molecular complexity index is 315. The summed E-state index contributed by atoms with van der Waals surface area (Å²) >= 11 is 3.19. The summed E-state index contributed by atoms with van der Waals surface area (Å²) in [5, 5.41) is 9.08. The predicted octanol–water partition coefficient (Wildman–Crippen LogP) is 1.64. The number of carbonyl (C=O) groups excluding carboxylic acids is 1. The van der Waals surface area contributed by atoms with Gasteiger partial charge in [0.15, 0.2) is 0 Å². The third-order valence-electron chi connectivity index (χ3n) is 3.09. The van der Waals surface area contributed by atoms with Crippen LogP contribution in [0.15, 0.2) is 0 Å². The first-order valence-corrected chi connectivity index (χ1v) is 8.40. The number of carboxylic acids is 1. The average molecular weight is 292 g/mol. The Morgan fingerprint density at radius 3 is 2.78 bits per heavy atom. The molecule has 7 heteroatoms. The molecule has 0 aromatic carbocycles. The fourth-order valence-corrected chi connectivity index (χ4v) is 3.87. The molecule has 5 nitrogen and oxygen atoms in total. The van der Waals surface area contributed by atoms with Crippen molar-refractivity contribution >= 4 is 35.5 Å². The van der Waals surface area contributed by atoms with E-state index in [-0.39, 0.29) is 12.1 Å². The molecule has 0 radical (unpaired) electrons. The zero-order valence-corrected chi connectivity index (χ0v) is 12.6. The first-order chi connectivity index (χ1) is 8.52. The molecule has 0 saturated carbocycles. The van der Waals surface area contributed by atoms with Gasteiger partial charge in [-0.05, 0) is 12.7 Å². The number of carboxylic acid groups (broad SMARTS) is 1. The van der Waals surface area contributed by atoms with Gasteiger partial charge in [-0.15, -0.1) is 11.8 Å². The number of nitrogens with zero attached hydrogens (tertiary/aromatic N) is 2. The van der Waals surface area contributed by atoms with Crippen LogP contribution < -0.4 is 0 Å². The normalized spacial score (nSPS) is 20.8. The SMILES string of the molecule is CCC(CSC)N(C)C(=O)N1CSCC1C(=O)O. The molecular weight excluding hydrogens is 272 g/mol. The summed E-state index contributed by atoms with van der Waals surface area (Å²) in [5.74, 6) is 0.904. The molecule has 1 aliphatic rings. The monoisotopic (exact) mass is 292 g/mol. The van der Waals surface area contributed by atoms with Crippen LogP contribution in [-0.2, 0) is 4.79 Å². The quantitative estimate of drug-likeness (QED) is 0.834. The molecule has 0 aliphatic carbocycles. The Kier molecular flexibility index (Phi) is 6.14. The smallest absolute Gasteiger partial charge is 0.327 e. The molecule has 1 saturated heterocycles. The molecule has 2 unspecified atom stereocenters. The van der Waals surface area contributed by atoms with Crippen molar-refractivity contribution in [3.05, 3.63) is 0 Å². The maximum absolute atomic E-state index is 12.3. The first-order valence-electron chi connectivity index (χ1n) is 5.85. The molecule has 0 bridgehead atoms. The highest BCUT2D eigenvalue weighted by Gasteiger charge is 2.37. The Morgan fingerprint density at radius 2 is 2.28 bits per heavy atom. The standard InChI is InChI=1S/C11H20N2O3S2/c1-4-8(5-17-3)12(2)11(16)13-7-18-6-9(13)10(14)15/h8-9H,4-7H2,1-3H3,(H,14,15). The minimum Gasteiger partial charge on any atom is -0.480 e. The van der Waals surface area contributed by atoms with Gasteiger partial charge in [-0.3, -0.25) is 0 Å². The van der Waals surface area contributed by atoms with E-state index in [0.717, 1.165) is 12.2 Å². The van der Waals surface area contributed by atoms with E-state index < -0.39 is 12.0 Å². The van der Waals surface area contributed by atoms with Crippen LogP contribution in [0.4, 0.5) is 4.79 Å². The molecule has 0 spiro atoms. The number of amides is 2. The van der Waals surface area contributed by atoms with Crippen molar-refractivity contribution in [3.63, 3.8) is 0 Å². The van der Waals surface area contributed by atoms with E-state index in [9.17, 15) is 9.59 Å². The van der Waals surface area contributed by atoms with Crippen molar-refractivity contribution in [1.82, 2.24) is 9.80 Å². The minimum atomic E-state index is -0.917. The number of aliphatic carboxylic acids is 1. The highest BCUT2D eigenvalue weighted by Crippen LogP contribution is 2.23. The van der Waals surface area contributed by atoms with Gasteiger partial charge in [0.25, 0.3) is 0 Å². The van der Waals surface area contributed by atoms with Gasteiger partial charge in [0, 0.05) is 24.6 Å². The van der Waals surface area contributed by atoms with Gasteiger partial charge in [0.1, 0.15) is 6.04 Å². The van der Waals surface area contributed by atoms with Gasteiger partial charge >= 0.3 is 12.0 Å². The van der Waals surface area contributed by atoms with Crippen LogP contribution in [-0.4, -0.2) is 69.7 Å². The number of hydrogen-bond donors (Lipinski definition) is 1. The zero-order valence-electron chi connectivity index (χ0n) is 11.0. The summed E-state index contributed by atoms with van der Waals surface area (Å²) < 4.78 is 0. The third-order valence-corrected chi connectivity index (χ3v) is 4.82. The minimum absolute atomic E-state index is 0.160. The molecule has 2 amide bonds. The third kappa shape index (κ3) is 3.47. The molecule has 1 heterocycles. The van der Waals surface area contributed by atoms with Crippen molar-refractivity contribution in [3.8, 4) is 0 Å². The van der Waals surface area contributed by atoms with Gasteiger partial charge in [-0.1, -0.05) is 6.92 Å². The van der Waals surface area contributed by atoms with Crippen LogP contribution in [0, 0.1) is 0 Å². The van der Waals surface area contributed by atoms with Gasteiger partial charge < -0.3 is 14.9 Å². The summed E-state index contributed by atoms with van der Waals surface area (Å²) in [4.78, 5) is 26.5. The van der Waals surface area contributed by atoms with E-state index in [1.54, 1.807) is 23.7 Å². The van der Waals surface area contributed by atoms with Crippen molar-refractivity contribution in [2.45, 2.75) is 25.4 Å². The van der Waals surface area contributed by atoms with Crippen molar-refractivity contribution < 1.29 is 14.7 Å². The van der Waals surface area contributed by atoms with Crippen LogP contribution in [0.25, 0.3) is 0 Å². The Hall–Kier alpha value is -0.560. The highest BCUT2D eigenvalue weighted by atomic mass is 32.2. The van der Waals surface area contributed by atoms with E-state index in [4.69, 9.17) is 5.11 Å². The van der Waals surface area contributed by atoms with Gasteiger partial charge in [-0.2, -0.15) is 11.8 Å². The summed E-state index contributed by atoms with van der Waals surface area (Å²) in [6.45, 7) is 2.04. The molecule has 2 atom stereocenters. The lowest BCUT2D eigenvalue weighted by molar-refractivity contribution is -0.140. The van der Waals surface area contributed by atoms with E-state index in [2.05, 4.69) is 0 Å². The molecule has 104 valence electrons. The summed E-state index contributed by atoms with van der Waals surface area (Å²) in [6, 6.07) is -0.697. The number of urea groups is 1. The molecular formula is C11H20N2O3S2. The van der Waals surface area contributed by atoms with Gasteiger partial charge in [-0.25, -0.2) is 9.59 Å². The van der Waals surface area contributed by atoms with E-state index in [1.807, 2.05) is 13.2 Å². The van der Waals surface area contributed by atoms with E-state index in [1.165, 1.54) is 16.7 Å². The fourth-order valence-electron chi connectivity index (χ4n) is 1.89. The lowest BCUT2D eigenvalue weighted by Gasteiger charge is -2.32. The molecule has 0 aromatic rings. The van der Waals surface area contributed by atoms with Crippen molar-refractivity contribution in [2.75, 3.05) is 30.7 Å². The van der Waals surface area contributed by atoms with Crippen LogP contribution in [0.5, 0.6) is 0 Å². The topological polar surface area (TPSA) is 60.9 Å². The van der Waals surface area contributed by atoms with Crippen molar-refractivity contribution in [1.29, 1.82) is 0 Å². The summed E-state index contributed by atoms with van der Waals surface area (Å²) in [5.41, 5.74) is 0. The molecule has 18 heavy (non-hydrogen) atoms.